The van der Waals surface area contributed by atoms with E-state index in [1.54, 1.807) is 72.8 Å². The number of benzene rings is 4. The third-order valence-corrected chi connectivity index (χ3v) is 7.17. The molecule has 0 aliphatic rings. The smallest absolute Gasteiger partial charge is 0.325 e. The molecule has 0 atom stereocenters. The van der Waals surface area contributed by atoms with Gasteiger partial charge in [-0.1, -0.05) is 58.4 Å². The highest BCUT2D eigenvalue weighted by molar-refractivity contribution is 9.10. The summed E-state index contributed by atoms with van der Waals surface area (Å²) in [5, 5.41) is 7.91. The van der Waals surface area contributed by atoms with Crippen LogP contribution < -0.4 is 16.0 Å². The van der Waals surface area contributed by atoms with Crippen LogP contribution in [0.4, 0.5) is 24.5 Å². The van der Waals surface area contributed by atoms with Crippen LogP contribution in [-0.4, -0.2) is 23.5 Å². The number of nitrogens with one attached hydrogen (secondary N) is 3. The molecule has 11 heteroatoms. The maximum absolute atomic E-state index is 13.3. The Hall–Kier alpha value is -4.35. The van der Waals surface area contributed by atoms with E-state index in [0.717, 1.165) is 28.4 Å². The van der Waals surface area contributed by atoms with Crippen LogP contribution in [0.3, 0.4) is 0 Å². The van der Waals surface area contributed by atoms with Gasteiger partial charge in [0.2, 0.25) is 5.91 Å². The Morgan fingerprint density at radius 2 is 1.45 bits per heavy atom. The number of hydrogen-bond acceptors (Lipinski definition) is 4. The zero-order chi connectivity index (χ0) is 30.1. The maximum Gasteiger partial charge on any atom is 0.416 e. The summed E-state index contributed by atoms with van der Waals surface area (Å²) >= 11 is 4.52. The molecule has 0 spiro atoms. The van der Waals surface area contributed by atoms with Gasteiger partial charge < -0.3 is 16.0 Å². The van der Waals surface area contributed by atoms with Crippen molar-refractivity contribution in [3.05, 3.63) is 130 Å². The Morgan fingerprint density at radius 1 is 0.786 bits per heavy atom. The number of anilines is 2. The number of carbonyl (C=O) groups is 3. The van der Waals surface area contributed by atoms with Gasteiger partial charge in [-0.05, 0) is 72.3 Å². The number of hydrogen-bond donors (Lipinski definition) is 3. The molecule has 0 saturated heterocycles. The van der Waals surface area contributed by atoms with E-state index in [9.17, 15) is 27.6 Å². The molecular weight excluding hydrogens is 631 g/mol. The summed E-state index contributed by atoms with van der Waals surface area (Å²) in [6, 6.07) is 26.8. The number of carbonyl (C=O) groups excluding carboxylic acids is 3. The summed E-state index contributed by atoms with van der Waals surface area (Å²) < 4.78 is 39.7. The third-order valence-electron chi connectivity index (χ3n) is 5.65. The molecule has 0 aliphatic heterocycles. The van der Waals surface area contributed by atoms with Gasteiger partial charge in [0.1, 0.15) is 5.70 Å². The van der Waals surface area contributed by atoms with Crippen molar-refractivity contribution in [1.29, 1.82) is 0 Å². The Bertz CT molecular complexity index is 1610. The first-order valence-corrected chi connectivity index (χ1v) is 14.2. The summed E-state index contributed by atoms with van der Waals surface area (Å²) in [7, 11) is 0. The van der Waals surface area contributed by atoms with Gasteiger partial charge in [-0.3, -0.25) is 14.4 Å². The summed E-state index contributed by atoms with van der Waals surface area (Å²) in [5.74, 6) is -1.58. The highest BCUT2D eigenvalue weighted by atomic mass is 79.9. The molecule has 0 aliphatic carbocycles. The molecule has 0 aromatic heterocycles. The van der Waals surface area contributed by atoms with Gasteiger partial charge in [-0.2, -0.15) is 13.2 Å². The molecule has 4 aromatic carbocycles. The molecule has 0 radical (unpaired) electrons. The van der Waals surface area contributed by atoms with Crippen LogP contribution >= 0.6 is 27.7 Å². The SMILES string of the molecule is O=C(CSc1cccc(NC(=O)/C(=C/c2ccc(Br)cc2)NC(=O)c2ccccc2)c1)Nc1cccc(C(F)(F)F)c1. The first-order valence-electron chi connectivity index (χ1n) is 12.4. The number of alkyl halides is 3. The van der Waals surface area contributed by atoms with E-state index >= 15 is 0 Å². The van der Waals surface area contributed by atoms with E-state index in [0.29, 0.717) is 21.7 Å². The van der Waals surface area contributed by atoms with Crippen molar-refractivity contribution in [3.8, 4) is 0 Å². The minimum Gasteiger partial charge on any atom is -0.325 e. The fourth-order valence-corrected chi connectivity index (χ4v) is 4.67. The first-order chi connectivity index (χ1) is 20.1. The zero-order valence-electron chi connectivity index (χ0n) is 21.7. The Morgan fingerprint density at radius 3 is 2.14 bits per heavy atom. The van der Waals surface area contributed by atoms with Crippen LogP contribution in [0.1, 0.15) is 21.5 Å². The van der Waals surface area contributed by atoms with Gasteiger partial charge in [0.05, 0.1) is 11.3 Å². The van der Waals surface area contributed by atoms with E-state index < -0.39 is 29.5 Å². The lowest BCUT2D eigenvalue weighted by Gasteiger charge is -2.12. The monoisotopic (exact) mass is 653 g/mol. The Balaban J connectivity index is 1.43. The molecule has 6 nitrogen and oxygen atoms in total. The fourth-order valence-electron chi connectivity index (χ4n) is 3.65. The molecular formula is C31H23BrF3N3O3S. The average molecular weight is 655 g/mol. The molecule has 42 heavy (non-hydrogen) atoms. The lowest BCUT2D eigenvalue weighted by molar-refractivity contribution is -0.137. The maximum atomic E-state index is 13.3. The van der Waals surface area contributed by atoms with Crippen molar-refractivity contribution < 1.29 is 27.6 Å². The van der Waals surface area contributed by atoms with Gasteiger partial charge in [0.25, 0.3) is 11.8 Å². The predicted molar refractivity (Wildman–Crippen MR) is 162 cm³/mol. The van der Waals surface area contributed by atoms with Crippen LogP contribution in [0.5, 0.6) is 0 Å². The van der Waals surface area contributed by atoms with E-state index in [-0.39, 0.29) is 17.1 Å². The molecule has 0 saturated carbocycles. The van der Waals surface area contributed by atoms with Crippen LogP contribution in [0, 0.1) is 0 Å². The molecule has 0 fully saturated rings. The summed E-state index contributed by atoms with van der Waals surface area (Å²) in [4.78, 5) is 39.1. The van der Waals surface area contributed by atoms with E-state index in [1.807, 2.05) is 12.1 Å². The quantitative estimate of drug-likeness (QED) is 0.128. The van der Waals surface area contributed by atoms with Crippen molar-refractivity contribution in [1.82, 2.24) is 5.32 Å². The molecule has 3 amide bonds. The standard InChI is InChI=1S/C31H23BrF3N3O3S/c32-23-14-12-20(13-15-23)16-27(38-29(40)21-6-2-1-3-7-21)30(41)37-25-10-5-11-26(18-25)42-19-28(39)36-24-9-4-8-22(17-24)31(33,34)35/h1-18H,19H2,(H,36,39)(H,37,41)(H,38,40)/b27-16-. The largest absolute Gasteiger partial charge is 0.416 e. The Kier molecular flexibility index (Phi) is 10.2. The van der Waals surface area contributed by atoms with Crippen molar-refractivity contribution in [2.45, 2.75) is 11.1 Å². The van der Waals surface area contributed by atoms with Gasteiger partial charge in [-0.15, -0.1) is 11.8 Å². The van der Waals surface area contributed by atoms with E-state index in [4.69, 9.17) is 0 Å². The molecule has 214 valence electrons. The molecule has 0 bridgehead atoms. The lowest BCUT2D eigenvalue weighted by atomic mass is 10.1. The zero-order valence-corrected chi connectivity index (χ0v) is 24.1. The number of amides is 3. The van der Waals surface area contributed by atoms with Crippen LogP contribution in [0.25, 0.3) is 6.08 Å². The van der Waals surface area contributed by atoms with Gasteiger partial charge in [0.15, 0.2) is 0 Å². The summed E-state index contributed by atoms with van der Waals surface area (Å²) in [6.45, 7) is 0. The van der Waals surface area contributed by atoms with Crippen molar-refractivity contribution in [3.63, 3.8) is 0 Å². The molecule has 4 rings (SSSR count). The third kappa shape index (κ3) is 9.08. The minimum absolute atomic E-state index is 0.0182. The van der Waals surface area contributed by atoms with Crippen LogP contribution in [0.2, 0.25) is 0 Å². The average Bonchev–Trinajstić information content (AvgIpc) is 2.97. The first kappa shape index (κ1) is 30.6. The van der Waals surface area contributed by atoms with Crippen molar-refractivity contribution in [2.24, 2.45) is 0 Å². The Labute approximate surface area is 252 Å². The van der Waals surface area contributed by atoms with Gasteiger partial charge in [0, 0.05) is 26.3 Å². The number of rotatable bonds is 9. The molecule has 0 heterocycles. The predicted octanol–water partition coefficient (Wildman–Crippen LogP) is 7.61. The molecule has 0 unspecified atom stereocenters. The lowest BCUT2D eigenvalue weighted by Crippen LogP contribution is -2.30. The van der Waals surface area contributed by atoms with Crippen molar-refractivity contribution in [2.75, 3.05) is 16.4 Å². The normalized spacial score (nSPS) is 11.5. The van der Waals surface area contributed by atoms with Crippen LogP contribution in [-0.2, 0) is 15.8 Å². The second kappa shape index (κ2) is 14.0. The second-order valence-electron chi connectivity index (χ2n) is 8.83. The van der Waals surface area contributed by atoms with Crippen molar-refractivity contribution >= 4 is 62.9 Å². The van der Waals surface area contributed by atoms with Crippen LogP contribution in [0.15, 0.2) is 118 Å². The highest BCUT2D eigenvalue weighted by Gasteiger charge is 2.30. The fraction of sp³-hybridized carbons (Fsp3) is 0.0645. The summed E-state index contributed by atoms with van der Waals surface area (Å²) in [5.41, 5.74) is 0.689. The number of halogens is 4. The number of thioether (sulfide) groups is 1. The van der Waals surface area contributed by atoms with E-state index in [1.165, 1.54) is 12.1 Å². The molecule has 3 N–H and O–H groups in total. The van der Waals surface area contributed by atoms with Gasteiger partial charge >= 0.3 is 6.18 Å². The second-order valence-corrected chi connectivity index (χ2v) is 10.8. The topological polar surface area (TPSA) is 87.3 Å². The van der Waals surface area contributed by atoms with Gasteiger partial charge in [-0.25, -0.2) is 0 Å². The molecule has 4 aromatic rings. The van der Waals surface area contributed by atoms with E-state index in [2.05, 4.69) is 31.9 Å². The summed E-state index contributed by atoms with van der Waals surface area (Å²) in [6.07, 6.45) is -2.96. The minimum atomic E-state index is -4.52. The highest BCUT2D eigenvalue weighted by Crippen LogP contribution is 2.31.